The second kappa shape index (κ2) is 8.13. The molecule has 142 valence electrons. The Bertz CT molecular complexity index is 815. The fourth-order valence-electron chi connectivity index (χ4n) is 3.18. The van der Waals surface area contributed by atoms with Crippen LogP contribution in [-0.4, -0.2) is 41.1 Å². The van der Waals surface area contributed by atoms with Gasteiger partial charge in [0.1, 0.15) is 11.4 Å². The van der Waals surface area contributed by atoms with Crippen LogP contribution in [0, 0.1) is 10.1 Å². The molecule has 8 heteroatoms. The first kappa shape index (κ1) is 18.8. The molecule has 1 saturated heterocycles. The number of nitro benzene ring substituents is 1. The molecule has 2 atom stereocenters. The van der Waals surface area contributed by atoms with Gasteiger partial charge >= 0.3 is 0 Å². The lowest BCUT2D eigenvalue weighted by Gasteiger charge is -2.36. The molecule has 2 unspecified atom stereocenters. The Kier molecular flexibility index (Phi) is 5.66. The Balaban J connectivity index is 1.62. The maximum Gasteiger partial charge on any atom is 0.282 e. The number of ether oxygens (including phenoxy) is 1. The number of benzene rings is 1. The number of nitrogens with one attached hydrogen (secondary N) is 1. The van der Waals surface area contributed by atoms with Crippen molar-refractivity contribution in [2.45, 2.75) is 32.6 Å². The van der Waals surface area contributed by atoms with Crippen LogP contribution in [0.3, 0.4) is 0 Å². The SMILES string of the molecule is CC1CN(c2ccc(CNC(=O)c3ccccc3[N+](=O)[O-])cn2)CC(C)O1. The van der Waals surface area contributed by atoms with Gasteiger partial charge < -0.3 is 15.0 Å². The molecule has 0 saturated carbocycles. The number of para-hydroxylation sites is 1. The van der Waals surface area contributed by atoms with Gasteiger partial charge in [0.05, 0.1) is 17.1 Å². The Morgan fingerprint density at radius 2 is 1.96 bits per heavy atom. The normalized spacial score (nSPS) is 19.6. The predicted octanol–water partition coefficient (Wildman–Crippen LogP) is 2.53. The maximum absolute atomic E-state index is 12.3. The summed E-state index contributed by atoms with van der Waals surface area (Å²) in [7, 11) is 0. The molecular weight excluding hydrogens is 348 g/mol. The summed E-state index contributed by atoms with van der Waals surface area (Å²) in [6.07, 6.45) is 2.01. The topological polar surface area (TPSA) is 97.6 Å². The monoisotopic (exact) mass is 370 g/mol. The van der Waals surface area contributed by atoms with E-state index >= 15 is 0 Å². The van der Waals surface area contributed by atoms with Crippen LogP contribution in [0.5, 0.6) is 0 Å². The van der Waals surface area contributed by atoms with E-state index in [0.717, 1.165) is 24.5 Å². The number of carbonyl (C=O) groups excluding carboxylic acids is 1. The molecule has 0 radical (unpaired) electrons. The van der Waals surface area contributed by atoms with Crippen LogP contribution in [-0.2, 0) is 11.3 Å². The van der Waals surface area contributed by atoms with Crippen LogP contribution in [0.1, 0.15) is 29.8 Å². The minimum atomic E-state index is -0.560. The fraction of sp³-hybridized carbons (Fsp3) is 0.368. The first-order valence-electron chi connectivity index (χ1n) is 8.81. The van der Waals surface area contributed by atoms with E-state index in [2.05, 4.69) is 15.2 Å². The van der Waals surface area contributed by atoms with Crippen molar-refractivity contribution in [1.29, 1.82) is 0 Å². The average molecular weight is 370 g/mol. The molecule has 1 fully saturated rings. The summed E-state index contributed by atoms with van der Waals surface area (Å²) < 4.78 is 5.73. The highest BCUT2D eigenvalue weighted by Crippen LogP contribution is 2.19. The number of rotatable bonds is 5. The fourth-order valence-corrected chi connectivity index (χ4v) is 3.18. The average Bonchev–Trinajstić information content (AvgIpc) is 2.65. The van der Waals surface area contributed by atoms with Crippen LogP contribution >= 0.6 is 0 Å². The van der Waals surface area contributed by atoms with Crippen molar-refractivity contribution in [3.8, 4) is 0 Å². The lowest BCUT2D eigenvalue weighted by Crippen LogP contribution is -2.45. The third-order valence-corrected chi connectivity index (χ3v) is 4.35. The summed E-state index contributed by atoms with van der Waals surface area (Å²) in [5.74, 6) is 0.382. The lowest BCUT2D eigenvalue weighted by molar-refractivity contribution is -0.385. The Hall–Kier alpha value is -3.00. The maximum atomic E-state index is 12.3. The summed E-state index contributed by atoms with van der Waals surface area (Å²) >= 11 is 0. The van der Waals surface area contributed by atoms with Crippen LogP contribution in [0.2, 0.25) is 0 Å². The number of pyridine rings is 1. The molecule has 2 aromatic rings. The molecule has 0 aliphatic carbocycles. The number of anilines is 1. The molecular formula is C19H22N4O4. The van der Waals surface area contributed by atoms with Gasteiger partial charge in [0.2, 0.25) is 0 Å². The summed E-state index contributed by atoms with van der Waals surface area (Å²) in [5.41, 5.74) is 0.655. The number of hydrogen-bond acceptors (Lipinski definition) is 6. The first-order chi connectivity index (χ1) is 12.9. The number of carbonyl (C=O) groups is 1. The van der Waals surface area contributed by atoms with Crippen molar-refractivity contribution in [1.82, 2.24) is 10.3 Å². The number of nitrogens with zero attached hydrogens (tertiary/aromatic N) is 3. The molecule has 1 N–H and O–H groups in total. The van der Waals surface area contributed by atoms with Gasteiger partial charge in [0.15, 0.2) is 0 Å². The van der Waals surface area contributed by atoms with Crippen molar-refractivity contribution in [2.24, 2.45) is 0 Å². The van der Waals surface area contributed by atoms with E-state index in [1.807, 2.05) is 26.0 Å². The van der Waals surface area contributed by atoms with Gasteiger partial charge in [-0.2, -0.15) is 0 Å². The molecule has 1 amide bonds. The minimum absolute atomic E-state index is 0.0448. The number of nitro groups is 1. The summed E-state index contributed by atoms with van der Waals surface area (Å²) in [6.45, 7) is 5.88. The number of amides is 1. The molecule has 27 heavy (non-hydrogen) atoms. The van der Waals surface area contributed by atoms with Gasteiger partial charge in [0, 0.05) is 31.9 Å². The molecule has 1 aromatic carbocycles. The Morgan fingerprint density at radius 3 is 2.59 bits per heavy atom. The quantitative estimate of drug-likeness (QED) is 0.642. The molecule has 2 heterocycles. The largest absolute Gasteiger partial charge is 0.372 e. The van der Waals surface area contributed by atoms with Crippen molar-refractivity contribution in [2.75, 3.05) is 18.0 Å². The van der Waals surface area contributed by atoms with E-state index in [9.17, 15) is 14.9 Å². The molecule has 0 bridgehead atoms. The van der Waals surface area contributed by atoms with E-state index in [0.29, 0.717) is 0 Å². The minimum Gasteiger partial charge on any atom is -0.372 e. The van der Waals surface area contributed by atoms with E-state index in [4.69, 9.17) is 4.74 Å². The van der Waals surface area contributed by atoms with Gasteiger partial charge in [-0.3, -0.25) is 14.9 Å². The third-order valence-electron chi connectivity index (χ3n) is 4.35. The first-order valence-corrected chi connectivity index (χ1v) is 8.81. The number of hydrogen-bond donors (Lipinski definition) is 1. The van der Waals surface area contributed by atoms with E-state index < -0.39 is 10.8 Å². The van der Waals surface area contributed by atoms with Crippen molar-refractivity contribution >= 4 is 17.4 Å². The predicted molar refractivity (Wildman–Crippen MR) is 101 cm³/mol. The smallest absolute Gasteiger partial charge is 0.282 e. The van der Waals surface area contributed by atoms with Gasteiger partial charge in [-0.05, 0) is 31.5 Å². The standard InChI is InChI=1S/C19H22N4O4/c1-13-11-22(12-14(2)27-13)18-8-7-15(9-20-18)10-21-19(24)16-5-3-4-6-17(16)23(25)26/h3-9,13-14H,10-12H2,1-2H3,(H,21,24). The second-order valence-corrected chi connectivity index (χ2v) is 6.64. The van der Waals surface area contributed by atoms with Crippen molar-refractivity contribution < 1.29 is 14.5 Å². The highest BCUT2D eigenvalue weighted by molar-refractivity contribution is 5.98. The van der Waals surface area contributed by atoms with Crippen LogP contribution in [0.4, 0.5) is 11.5 Å². The van der Waals surface area contributed by atoms with Crippen LogP contribution in [0.25, 0.3) is 0 Å². The molecule has 0 spiro atoms. The highest BCUT2D eigenvalue weighted by atomic mass is 16.6. The summed E-state index contributed by atoms with van der Waals surface area (Å²) in [5, 5.41) is 13.7. The third kappa shape index (κ3) is 4.59. The van der Waals surface area contributed by atoms with E-state index in [1.165, 1.54) is 18.2 Å². The zero-order valence-electron chi connectivity index (χ0n) is 15.3. The summed E-state index contributed by atoms with van der Waals surface area (Å²) in [6, 6.07) is 9.70. The van der Waals surface area contributed by atoms with Crippen LogP contribution < -0.4 is 10.2 Å². The van der Waals surface area contributed by atoms with Crippen molar-refractivity contribution in [3.05, 3.63) is 63.8 Å². The number of morpholine rings is 1. The Morgan fingerprint density at radius 1 is 1.26 bits per heavy atom. The lowest BCUT2D eigenvalue weighted by atomic mass is 10.1. The molecule has 1 aliphatic rings. The highest BCUT2D eigenvalue weighted by Gasteiger charge is 2.23. The van der Waals surface area contributed by atoms with Crippen molar-refractivity contribution in [3.63, 3.8) is 0 Å². The zero-order valence-corrected chi connectivity index (χ0v) is 15.3. The van der Waals surface area contributed by atoms with E-state index in [-0.39, 0.29) is 30.0 Å². The van der Waals surface area contributed by atoms with Crippen LogP contribution in [0.15, 0.2) is 42.6 Å². The molecule has 1 aliphatic heterocycles. The second-order valence-electron chi connectivity index (χ2n) is 6.64. The molecule has 1 aromatic heterocycles. The van der Waals surface area contributed by atoms with E-state index in [1.54, 1.807) is 12.3 Å². The van der Waals surface area contributed by atoms with Gasteiger partial charge in [0.25, 0.3) is 11.6 Å². The molecule has 8 nitrogen and oxygen atoms in total. The Labute approximate surface area is 157 Å². The van der Waals surface area contributed by atoms with Gasteiger partial charge in [-0.1, -0.05) is 18.2 Å². The van der Waals surface area contributed by atoms with Gasteiger partial charge in [-0.15, -0.1) is 0 Å². The number of aromatic nitrogens is 1. The molecule has 3 rings (SSSR count). The van der Waals surface area contributed by atoms with Gasteiger partial charge in [-0.25, -0.2) is 4.98 Å². The summed E-state index contributed by atoms with van der Waals surface area (Å²) in [4.78, 5) is 29.4. The zero-order chi connectivity index (χ0) is 19.4.